The fraction of sp³-hybridized carbons (Fsp3) is 0.364. The van der Waals surface area contributed by atoms with Crippen LogP contribution in [0.1, 0.15) is 24.8 Å². The highest BCUT2D eigenvalue weighted by atomic mass is 16.5. The van der Waals surface area contributed by atoms with Crippen molar-refractivity contribution in [3.63, 3.8) is 0 Å². The third kappa shape index (κ3) is 5.53. The Morgan fingerprint density at radius 3 is 2.52 bits per heavy atom. The molecule has 2 N–H and O–H groups in total. The van der Waals surface area contributed by atoms with E-state index in [2.05, 4.69) is 48.6 Å². The van der Waals surface area contributed by atoms with Crippen LogP contribution in [-0.2, 0) is 16.1 Å². The predicted octanol–water partition coefficient (Wildman–Crippen LogP) is 4.08. The highest BCUT2D eigenvalue weighted by Crippen LogP contribution is 2.21. The summed E-state index contributed by atoms with van der Waals surface area (Å²) < 4.78 is 12.3. The van der Waals surface area contributed by atoms with E-state index < -0.39 is 0 Å². The molecule has 2 unspecified atom stereocenters. The van der Waals surface area contributed by atoms with Crippen LogP contribution in [0.15, 0.2) is 77.9 Å². The Morgan fingerprint density at radius 1 is 0.920 bits per heavy atom. The van der Waals surface area contributed by atoms with Crippen LogP contribution < -0.4 is 5.73 Å². The minimum Gasteiger partial charge on any atom is -0.366 e. The Labute approximate surface area is 150 Å². The maximum absolute atomic E-state index is 6.19. The minimum absolute atomic E-state index is 0.0742. The molecule has 0 aliphatic heterocycles. The van der Waals surface area contributed by atoms with Crippen LogP contribution >= 0.6 is 0 Å². The zero-order valence-corrected chi connectivity index (χ0v) is 14.6. The number of rotatable bonds is 8. The zero-order chi connectivity index (χ0) is 17.3. The first-order valence-corrected chi connectivity index (χ1v) is 9.07. The summed E-state index contributed by atoms with van der Waals surface area (Å²) in [5.74, 6) is 0. The lowest BCUT2D eigenvalue weighted by Gasteiger charge is -2.27. The van der Waals surface area contributed by atoms with Crippen molar-refractivity contribution in [1.29, 1.82) is 0 Å². The maximum Gasteiger partial charge on any atom is 0.106 e. The van der Waals surface area contributed by atoms with E-state index in [0.717, 1.165) is 19.3 Å². The minimum atomic E-state index is -0.0773. The Hall–Kier alpha value is -1.94. The van der Waals surface area contributed by atoms with Gasteiger partial charge in [0, 0.05) is 0 Å². The van der Waals surface area contributed by atoms with Crippen molar-refractivity contribution in [3.05, 3.63) is 83.5 Å². The molecule has 0 saturated carbocycles. The SMILES string of the molecule is NCCC1=CC(OCC2=CCCC=C2)C(OCc2ccccc2)C=C1. The summed E-state index contributed by atoms with van der Waals surface area (Å²) in [6.07, 6.45) is 15.9. The molecule has 0 saturated heterocycles. The topological polar surface area (TPSA) is 44.5 Å². The van der Waals surface area contributed by atoms with Crippen molar-refractivity contribution in [2.24, 2.45) is 5.73 Å². The third-order valence-electron chi connectivity index (χ3n) is 4.43. The van der Waals surface area contributed by atoms with Gasteiger partial charge in [-0.15, -0.1) is 0 Å². The molecule has 1 aromatic carbocycles. The lowest BCUT2D eigenvalue weighted by atomic mass is 9.99. The second-order valence-corrected chi connectivity index (χ2v) is 6.43. The lowest BCUT2D eigenvalue weighted by Crippen LogP contribution is -2.31. The summed E-state index contributed by atoms with van der Waals surface area (Å²) >= 11 is 0. The Bertz CT molecular complexity index is 658. The van der Waals surface area contributed by atoms with E-state index in [-0.39, 0.29) is 12.2 Å². The van der Waals surface area contributed by atoms with Crippen molar-refractivity contribution in [1.82, 2.24) is 0 Å². The van der Waals surface area contributed by atoms with Gasteiger partial charge in [-0.1, -0.05) is 60.7 Å². The molecule has 0 spiro atoms. The van der Waals surface area contributed by atoms with Gasteiger partial charge in [-0.05, 0) is 48.6 Å². The predicted molar refractivity (Wildman–Crippen MR) is 102 cm³/mol. The van der Waals surface area contributed by atoms with E-state index in [4.69, 9.17) is 15.2 Å². The molecule has 2 aliphatic rings. The molecule has 3 rings (SSSR count). The van der Waals surface area contributed by atoms with Crippen LogP contribution in [0.3, 0.4) is 0 Å². The van der Waals surface area contributed by atoms with Crippen LogP contribution in [0.5, 0.6) is 0 Å². The van der Waals surface area contributed by atoms with Gasteiger partial charge >= 0.3 is 0 Å². The molecular weight excluding hydrogens is 310 g/mol. The Kier molecular flexibility index (Phi) is 6.80. The molecule has 0 amide bonds. The van der Waals surface area contributed by atoms with Gasteiger partial charge in [0.15, 0.2) is 0 Å². The molecular formula is C22H27NO2. The summed E-state index contributed by atoms with van der Waals surface area (Å²) in [6.45, 7) is 1.84. The number of benzene rings is 1. The normalized spacial score (nSPS) is 22.6. The van der Waals surface area contributed by atoms with Crippen molar-refractivity contribution in [3.8, 4) is 0 Å². The van der Waals surface area contributed by atoms with Crippen molar-refractivity contribution >= 4 is 0 Å². The molecule has 0 aromatic heterocycles. The van der Waals surface area contributed by atoms with Gasteiger partial charge in [-0.2, -0.15) is 0 Å². The van der Waals surface area contributed by atoms with Gasteiger partial charge in [0.25, 0.3) is 0 Å². The second-order valence-electron chi connectivity index (χ2n) is 6.43. The summed E-state index contributed by atoms with van der Waals surface area (Å²) in [6, 6.07) is 10.2. The largest absolute Gasteiger partial charge is 0.366 e. The highest BCUT2D eigenvalue weighted by molar-refractivity contribution is 5.29. The van der Waals surface area contributed by atoms with Crippen LogP contribution in [0.2, 0.25) is 0 Å². The smallest absolute Gasteiger partial charge is 0.106 e. The lowest BCUT2D eigenvalue weighted by molar-refractivity contribution is -0.0305. The fourth-order valence-corrected chi connectivity index (χ4v) is 3.05. The summed E-state index contributed by atoms with van der Waals surface area (Å²) in [5.41, 5.74) is 9.34. The molecule has 1 aromatic rings. The first-order valence-electron chi connectivity index (χ1n) is 9.07. The van der Waals surface area contributed by atoms with Gasteiger partial charge in [-0.3, -0.25) is 0 Å². The average molecular weight is 337 g/mol. The van der Waals surface area contributed by atoms with E-state index in [1.807, 2.05) is 18.2 Å². The van der Waals surface area contributed by atoms with E-state index in [1.165, 1.54) is 16.7 Å². The number of hydrogen-bond acceptors (Lipinski definition) is 3. The first-order chi connectivity index (χ1) is 12.3. The average Bonchev–Trinajstić information content (AvgIpc) is 2.67. The third-order valence-corrected chi connectivity index (χ3v) is 4.43. The molecule has 25 heavy (non-hydrogen) atoms. The Morgan fingerprint density at radius 2 is 1.76 bits per heavy atom. The maximum atomic E-state index is 6.19. The number of nitrogens with two attached hydrogens (primary N) is 1. The standard InChI is InChI=1S/C22H27NO2/c23-14-13-18-11-12-21(24-16-19-7-3-1-4-8-19)22(15-18)25-17-20-9-5-2-6-10-20/h1,3-5,7-12,15,21-22H,2,6,13-14,16-17,23H2. The molecule has 3 heteroatoms. The number of ether oxygens (including phenoxy) is 2. The van der Waals surface area contributed by atoms with E-state index in [9.17, 15) is 0 Å². The summed E-state index contributed by atoms with van der Waals surface area (Å²) in [5, 5.41) is 0. The first kappa shape index (κ1) is 17.9. The van der Waals surface area contributed by atoms with Gasteiger partial charge in [0.05, 0.1) is 13.2 Å². The second kappa shape index (κ2) is 9.52. The fourth-order valence-electron chi connectivity index (χ4n) is 3.05. The van der Waals surface area contributed by atoms with Gasteiger partial charge in [0.1, 0.15) is 12.2 Å². The van der Waals surface area contributed by atoms with E-state index >= 15 is 0 Å². The van der Waals surface area contributed by atoms with Gasteiger partial charge < -0.3 is 15.2 Å². The molecule has 0 fully saturated rings. The van der Waals surface area contributed by atoms with Crippen LogP contribution in [0.4, 0.5) is 0 Å². The molecule has 0 radical (unpaired) electrons. The molecule has 2 atom stereocenters. The molecule has 132 valence electrons. The molecule has 0 bridgehead atoms. The molecule has 0 heterocycles. The van der Waals surface area contributed by atoms with E-state index in [1.54, 1.807) is 0 Å². The molecule has 2 aliphatic carbocycles. The van der Waals surface area contributed by atoms with Crippen LogP contribution in [0.25, 0.3) is 0 Å². The Balaban J connectivity index is 1.61. The quantitative estimate of drug-likeness (QED) is 0.777. The van der Waals surface area contributed by atoms with Crippen molar-refractivity contribution in [2.45, 2.75) is 38.1 Å². The molecule has 3 nitrogen and oxygen atoms in total. The summed E-state index contributed by atoms with van der Waals surface area (Å²) in [4.78, 5) is 0. The van der Waals surface area contributed by atoms with Gasteiger partial charge in [-0.25, -0.2) is 0 Å². The monoisotopic (exact) mass is 337 g/mol. The summed E-state index contributed by atoms with van der Waals surface area (Å²) in [7, 11) is 0. The van der Waals surface area contributed by atoms with Crippen LogP contribution in [0, 0.1) is 0 Å². The van der Waals surface area contributed by atoms with E-state index in [0.29, 0.717) is 19.8 Å². The number of hydrogen-bond donors (Lipinski definition) is 1. The van der Waals surface area contributed by atoms with Crippen molar-refractivity contribution < 1.29 is 9.47 Å². The number of allylic oxidation sites excluding steroid dienone is 3. The zero-order valence-electron chi connectivity index (χ0n) is 14.6. The van der Waals surface area contributed by atoms with Crippen molar-refractivity contribution in [2.75, 3.05) is 13.2 Å². The van der Waals surface area contributed by atoms with Gasteiger partial charge in [0.2, 0.25) is 0 Å². The highest BCUT2D eigenvalue weighted by Gasteiger charge is 2.22. The van der Waals surface area contributed by atoms with Crippen LogP contribution in [-0.4, -0.2) is 25.4 Å².